The number of hydrogen-bond acceptors (Lipinski definition) is 3. The normalized spacial score (nSPS) is 21.0. The van der Waals surface area contributed by atoms with Crippen LogP contribution in [0.15, 0.2) is 30.3 Å². The minimum atomic E-state index is -0.853. The average molecular weight is 290 g/mol. The van der Waals surface area contributed by atoms with E-state index in [2.05, 4.69) is 10.2 Å². The third kappa shape index (κ3) is 3.97. The molecular weight excluding hydrogens is 268 g/mol. The molecule has 2 rings (SSSR count). The zero-order valence-corrected chi connectivity index (χ0v) is 12.3. The standard InChI is InChI=1S/C16H22N2O3/c1-18(12-6-3-2-4-7-12)11-10-17-15(19)13-8-5-9-14(13)16(20)21/h2-4,6-7,13-14H,5,8-11H2,1H3,(H,17,19)(H,20,21)/t13-,14+/m1/s1. The maximum Gasteiger partial charge on any atom is 0.307 e. The van der Waals surface area contributed by atoms with Crippen LogP contribution in [-0.4, -0.2) is 37.1 Å². The molecule has 0 saturated heterocycles. The van der Waals surface area contributed by atoms with E-state index in [9.17, 15) is 9.59 Å². The number of benzene rings is 1. The van der Waals surface area contributed by atoms with Crippen molar-refractivity contribution in [2.24, 2.45) is 11.8 Å². The van der Waals surface area contributed by atoms with Crippen LogP contribution in [0.2, 0.25) is 0 Å². The minimum Gasteiger partial charge on any atom is -0.481 e. The fourth-order valence-corrected chi connectivity index (χ4v) is 2.86. The number of para-hydroxylation sites is 1. The minimum absolute atomic E-state index is 0.124. The Labute approximate surface area is 125 Å². The van der Waals surface area contributed by atoms with E-state index in [-0.39, 0.29) is 11.8 Å². The van der Waals surface area contributed by atoms with E-state index >= 15 is 0 Å². The number of likely N-dealkylation sites (N-methyl/N-ethyl adjacent to an activating group) is 1. The molecule has 1 fully saturated rings. The summed E-state index contributed by atoms with van der Waals surface area (Å²) in [5.74, 6) is -1.86. The van der Waals surface area contributed by atoms with Crippen molar-refractivity contribution in [2.75, 3.05) is 25.0 Å². The van der Waals surface area contributed by atoms with E-state index in [4.69, 9.17) is 5.11 Å². The van der Waals surface area contributed by atoms with E-state index in [1.165, 1.54) is 0 Å². The van der Waals surface area contributed by atoms with Crippen molar-refractivity contribution in [1.82, 2.24) is 5.32 Å². The predicted octanol–water partition coefficient (Wildman–Crippen LogP) is 1.74. The first-order valence-corrected chi connectivity index (χ1v) is 7.36. The number of anilines is 1. The third-order valence-corrected chi connectivity index (χ3v) is 4.11. The molecule has 1 aromatic rings. The topological polar surface area (TPSA) is 69.6 Å². The van der Waals surface area contributed by atoms with Crippen LogP contribution in [-0.2, 0) is 9.59 Å². The van der Waals surface area contributed by atoms with Crippen LogP contribution >= 0.6 is 0 Å². The fourth-order valence-electron chi connectivity index (χ4n) is 2.86. The number of amides is 1. The molecule has 1 aliphatic carbocycles. The summed E-state index contributed by atoms with van der Waals surface area (Å²) in [5.41, 5.74) is 1.09. The van der Waals surface area contributed by atoms with Gasteiger partial charge in [0.2, 0.25) is 5.91 Å². The van der Waals surface area contributed by atoms with Crippen molar-refractivity contribution in [3.63, 3.8) is 0 Å². The van der Waals surface area contributed by atoms with Crippen LogP contribution in [0.3, 0.4) is 0 Å². The molecule has 1 aliphatic rings. The molecule has 114 valence electrons. The van der Waals surface area contributed by atoms with E-state index in [1.807, 2.05) is 37.4 Å². The van der Waals surface area contributed by atoms with E-state index < -0.39 is 11.9 Å². The number of carboxylic acids is 1. The van der Waals surface area contributed by atoms with Crippen molar-refractivity contribution >= 4 is 17.6 Å². The second-order valence-electron chi connectivity index (χ2n) is 5.53. The highest BCUT2D eigenvalue weighted by atomic mass is 16.4. The van der Waals surface area contributed by atoms with Gasteiger partial charge in [0, 0.05) is 25.8 Å². The first kappa shape index (κ1) is 15.4. The van der Waals surface area contributed by atoms with Crippen LogP contribution in [0.1, 0.15) is 19.3 Å². The summed E-state index contributed by atoms with van der Waals surface area (Å²) in [6.45, 7) is 1.22. The Morgan fingerprint density at radius 1 is 1.24 bits per heavy atom. The summed E-state index contributed by atoms with van der Waals surface area (Å²) in [7, 11) is 1.97. The van der Waals surface area contributed by atoms with Gasteiger partial charge in [0.25, 0.3) is 0 Å². The van der Waals surface area contributed by atoms with Gasteiger partial charge in [0.1, 0.15) is 0 Å². The van der Waals surface area contributed by atoms with Crippen LogP contribution in [0.4, 0.5) is 5.69 Å². The van der Waals surface area contributed by atoms with Gasteiger partial charge >= 0.3 is 5.97 Å². The molecule has 0 heterocycles. The number of nitrogens with zero attached hydrogens (tertiary/aromatic N) is 1. The molecule has 0 spiro atoms. The number of carbonyl (C=O) groups is 2. The lowest BCUT2D eigenvalue weighted by Crippen LogP contribution is -2.39. The van der Waals surface area contributed by atoms with Gasteiger partial charge in [-0.15, -0.1) is 0 Å². The average Bonchev–Trinajstić information content (AvgIpc) is 2.97. The zero-order valence-electron chi connectivity index (χ0n) is 12.3. The molecule has 0 unspecified atom stereocenters. The smallest absolute Gasteiger partial charge is 0.307 e. The highest BCUT2D eigenvalue weighted by molar-refractivity contribution is 5.85. The van der Waals surface area contributed by atoms with Crippen LogP contribution < -0.4 is 10.2 Å². The molecule has 2 N–H and O–H groups in total. The van der Waals surface area contributed by atoms with Gasteiger partial charge in [-0.3, -0.25) is 9.59 Å². The van der Waals surface area contributed by atoms with Crippen molar-refractivity contribution in [3.05, 3.63) is 30.3 Å². The highest BCUT2D eigenvalue weighted by Crippen LogP contribution is 2.31. The summed E-state index contributed by atoms with van der Waals surface area (Å²) in [4.78, 5) is 25.2. The second-order valence-corrected chi connectivity index (χ2v) is 5.53. The highest BCUT2D eigenvalue weighted by Gasteiger charge is 2.37. The Kier molecular flexibility index (Phi) is 5.20. The molecule has 5 nitrogen and oxygen atoms in total. The van der Waals surface area contributed by atoms with E-state index in [0.717, 1.165) is 12.1 Å². The quantitative estimate of drug-likeness (QED) is 0.837. The first-order chi connectivity index (χ1) is 10.1. The molecule has 0 aliphatic heterocycles. The monoisotopic (exact) mass is 290 g/mol. The van der Waals surface area contributed by atoms with Crippen molar-refractivity contribution in [2.45, 2.75) is 19.3 Å². The Morgan fingerprint density at radius 2 is 1.90 bits per heavy atom. The third-order valence-electron chi connectivity index (χ3n) is 4.11. The van der Waals surface area contributed by atoms with Crippen LogP contribution in [0.25, 0.3) is 0 Å². The van der Waals surface area contributed by atoms with Gasteiger partial charge in [-0.1, -0.05) is 24.6 Å². The largest absolute Gasteiger partial charge is 0.481 e. The number of carbonyl (C=O) groups excluding carboxylic acids is 1. The Bertz CT molecular complexity index is 490. The summed E-state index contributed by atoms with van der Waals surface area (Å²) in [6.07, 6.45) is 2.10. The number of hydrogen-bond donors (Lipinski definition) is 2. The lowest BCUT2D eigenvalue weighted by atomic mass is 9.95. The molecule has 2 atom stereocenters. The number of rotatable bonds is 6. The summed E-state index contributed by atoms with van der Waals surface area (Å²) < 4.78 is 0. The Balaban J connectivity index is 1.78. The van der Waals surface area contributed by atoms with Gasteiger partial charge in [-0.2, -0.15) is 0 Å². The van der Waals surface area contributed by atoms with Crippen molar-refractivity contribution < 1.29 is 14.7 Å². The molecule has 1 amide bonds. The molecule has 0 aromatic heterocycles. The van der Waals surface area contributed by atoms with Crippen LogP contribution in [0.5, 0.6) is 0 Å². The molecule has 5 heteroatoms. The van der Waals surface area contributed by atoms with Gasteiger partial charge in [-0.05, 0) is 25.0 Å². The first-order valence-electron chi connectivity index (χ1n) is 7.36. The van der Waals surface area contributed by atoms with Gasteiger partial charge in [-0.25, -0.2) is 0 Å². The molecule has 0 radical (unpaired) electrons. The number of nitrogens with one attached hydrogen (secondary N) is 1. The zero-order chi connectivity index (χ0) is 15.2. The second kappa shape index (κ2) is 7.11. The predicted molar refractivity (Wildman–Crippen MR) is 81.2 cm³/mol. The molecule has 1 aromatic carbocycles. The summed E-state index contributed by atoms with van der Waals surface area (Å²) >= 11 is 0. The van der Waals surface area contributed by atoms with Crippen LogP contribution in [0, 0.1) is 11.8 Å². The van der Waals surface area contributed by atoms with Gasteiger partial charge < -0.3 is 15.3 Å². The molecular formula is C16H22N2O3. The molecule has 1 saturated carbocycles. The fraction of sp³-hybridized carbons (Fsp3) is 0.500. The SMILES string of the molecule is CN(CCNC(=O)[C@@H]1CCC[C@@H]1C(=O)O)c1ccccc1. The molecule has 21 heavy (non-hydrogen) atoms. The number of carboxylic acid groups (broad SMARTS) is 1. The Hall–Kier alpha value is -2.04. The van der Waals surface area contributed by atoms with Crippen molar-refractivity contribution in [1.29, 1.82) is 0 Å². The van der Waals surface area contributed by atoms with E-state index in [1.54, 1.807) is 0 Å². The van der Waals surface area contributed by atoms with Gasteiger partial charge in [0.15, 0.2) is 0 Å². The molecule has 0 bridgehead atoms. The summed E-state index contributed by atoms with van der Waals surface area (Å²) in [6, 6.07) is 9.94. The number of aliphatic carboxylic acids is 1. The summed E-state index contributed by atoms with van der Waals surface area (Å²) in [5, 5.41) is 12.0. The van der Waals surface area contributed by atoms with Gasteiger partial charge in [0.05, 0.1) is 11.8 Å². The van der Waals surface area contributed by atoms with Crippen molar-refractivity contribution in [3.8, 4) is 0 Å². The Morgan fingerprint density at radius 3 is 2.57 bits per heavy atom. The lowest BCUT2D eigenvalue weighted by molar-refractivity contribution is -0.146. The van der Waals surface area contributed by atoms with E-state index in [0.29, 0.717) is 25.9 Å². The maximum absolute atomic E-state index is 12.1. The maximum atomic E-state index is 12.1. The lowest BCUT2D eigenvalue weighted by Gasteiger charge is -2.21.